The van der Waals surface area contributed by atoms with Crippen LogP contribution in [-0.4, -0.2) is 66.1 Å². The molecule has 3 heterocycles. The van der Waals surface area contributed by atoms with Crippen molar-refractivity contribution >= 4 is 5.91 Å². The van der Waals surface area contributed by atoms with E-state index >= 15 is 0 Å². The van der Waals surface area contributed by atoms with Crippen LogP contribution in [0.2, 0.25) is 0 Å². The summed E-state index contributed by atoms with van der Waals surface area (Å²) in [4.78, 5) is 31.3. The first-order chi connectivity index (χ1) is 11.1. The van der Waals surface area contributed by atoms with Crippen LogP contribution in [0.15, 0.2) is 16.9 Å². The molecule has 3 rings (SSSR count). The van der Waals surface area contributed by atoms with Crippen LogP contribution < -0.4 is 5.56 Å². The summed E-state index contributed by atoms with van der Waals surface area (Å²) in [5.74, 6) is -0.0730. The maximum atomic E-state index is 12.7. The van der Waals surface area contributed by atoms with Crippen molar-refractivity contribution in [3.8, 4) is 0 Å². The number of amides is 1. The molecule has 0 aliphatic carbocycles. The van der Waals surface area contributed by atoms with E-state index in [1.54, 1.807) is 13.0 Å². The highest BCUT2D eigenvalue weighted by Gasteiger charge is 2.26. The van der Waals surface area contributed by atoms with Gasteiger partial charge in [-0.15, -0.1) is 0 Å². The van der Waals surface area contributed by atoms with Crippen LogP contribution in [0.5, 0.6) is 0 Å². The fourth-order valence-electron chi connectivity index (χ4n) is 3.43. The number of carbonyl (C=O) groups excluding carboxylic acids is 1. The molecule has 0 bridgehead atoms. The lowest BCUT2D eigenvalue weighted by atomic mass is 10.2. The van der Waals surface area contributed by atoms with Gasteiger partial charge in [-0.3, -0.25) is 9.59 Å². The zero-order valence-electron chi connectivity index (χ0n) is 13.7. The molecule has 0 aromatic carbocycles. The maximum Gasteiger partial charge on any atom is 0.254 e. The van der Waals surface area contributed by atoms with E-state index in [1.165, 1.54) is 18.9 Å². The molecule has 6 heteroatoms. The summed E-state index contributed by atoms with van der Waals surface area (Å²) in [6, 6.07) is 3.13. The van der Waals surface area contributed by atoms with Crippen molar-refractivity contribution in [2.45, 2.75) is 32.3 Å². The van der Waals surface area contributed by atoms with Crippen molar-refractivity contribution in [1.82, 2.24) is 14.8 Å². The number of ether oxygens (including phenoxy) is 1. The van der Waals surface area contributed by atoms with Crippen LogP contribution in [-0.2, 0) is 4.74 Å². The van der Waals surface area contributed by atoms with E-state index in [1.807, 2.05) is 4.90 Å². The number of carbonyl (C=O) groups is 1. The molecule has 2 aliphatic rings. The Hall–Kier alpha value is -1.66. The van der Waals surface area contributed by atoms with E-state index in [0.29, 0.717) is 31.0 Å². The second-order valence-corrected chi connectivity index (χ2v) is 6.52. The van der Waals surface area contributed by atoms with Crippen LogP contribution in [0, 0.1) is 6.92 Å². The molecule has 0 unspecified atom stereocenters. The average molecular weight is 319 g/mol. The summed E-state index contributed by atoms with van der Waals surface area (Å²) in [6.07, 6.45) is 3.40. The Kier molecular flexibility index (Phi) is 5.13. The molecule has 2 fully saturated rings. The average Bonchev–Trinajstić information content (AvgIpc) is 2.90. The third-order valence-electron chi connectivity index (χ3n) is 4.52. The van der Waals surface area contributed by atoms with Gasteiger partial charge in [-0.05, 0) is 45.3 Å². The van der Waals surface area contributed by atoms with Gasteiger partial charge in [0, 0.05) is 43.6 Å². The molecule has 23 heavy (non-hydrogen) atoms. The lowest BCUT2D eigenvalue weighted by Crippen LogP contribution is -2.42. The van der Waals surface area contributed by atoms with Gasteiger partial charge in [0.05, 0.1) is 6.10 Å². The first kappa shape index (κ1) is 16.2. The summed E-state index contributed by atoms with van der Waals surface area (Å²) in [5, 5.41) is 0. The summed E-state index contributed by atoms with van der Waals surface area (Å²) < 4.78 is 5.93. The zero-order chi connectivity index (χ0) is 16.2. The number of rotatable bonds is 3. The van der Waals surface area contributed by atoms with Gasteiger partial charge in [0.2, 0.25) is 5.56 Å². The van der Waals surface area contributed by atoms with Crippen LogP contribution in [0.3, 0.4) is 0 Å². The SMILES string of the molecule is Cc1cc(C(=O)N2CCCO[C@@H](CN3CCCC3)C2)cc(=O)[nH]1. The van der Waals surface area contributed by atoms with Gasteiger partial charge in [-0.25, -0.2) is 0 Å². The number of H-pyrrole nitrogens is 1. The normalized spacial score (nSPS) is 23.0. The number of likely N-dealkylation sites (tertiary alicyclic amines) is 1. The highest BCUT2D eigenvalue weighted by atomic mass is 16.5. The Morgan fingerprint density at radius 3 is 2.78 bits per heavy atom. The molecule has 0 saturated carbocycles. The fourth-order valence-corrected chi connectivity index (χ4v) is 3.43. The molecule has 0 radical (unpaired) electrons. The molecule has 1 N–H and O–H groups in total. The van der Waals surface area contributed by atoms with Crippen molar-refractivity contribution in [3.63, 3.8) is 0 Å². The quantitative estimate of drug-likeness (QED) is 0.903. The van der Waals surface area contributed by atoms with Gasteiger partial charge in [0.15, 0.2) is 0 Å². The molecule has 1 aromatic heterocycles. The summed E-state index contributed by atoms with van der Waals surface area (Å²) in [6.45, 7) is 6.90. The molecular formula is C17H25N3O3. The van der Waals surface area contributed by atoms with Gasteiger partial charge < -0.3 is 19.5 Å². The van der Waals surface area contributed by atoms with Crippen molar-refractivity contribution in [2.75, 3.05) is 39.3 Å². The Morgan fingerprint density at radius 2 is 2.04 bits per heavy atom. The third-order valence-corrected chi connectivity index (χ3v) is 4.52. The first-order valence-electron chi connectivity index (χ1n) is 8.46. The Bertz CT molecular complexity index is 607. The highest BCUT2D eigenvalue weighted by molar-refractivity contribution is 5.94. The van der Waals surface area contributed by atoms with Crippen LogP contribution in [0.25, 0.3) is 0 Å². The topological polar surface area (TPSA) is 65.6 Å². The van der Waals surface area contributed by atoms with Gasteiger partial charge in [-0.2, -0.15) is 0 Å². The van der Waals surface area contributed by atoms with Crippen molar-refractivity contribution in [1.29, 1.82) is 0 Å². The smallest absolute Gasteiger partial charge is 0.254 e. The third kappa shape index (κ3) is 4.20. The Morgan fingerprint density at radius 1 is 1.26 bits per heavy atom. The predicted molar refractivity (Wildman–Crippen MR) is 87.7 cm³/mol. The van der Waals surface area contributed by atoms with E-state index in [9.17, 15) is 9.59 Å². The van der Waals surface area contributed by atoms with E-state index in [4.69, 9.17) is 4.74 Å². The molecule has 1 aromatic rings. The van der Waals surface area contributed by atoms with Gasteiger partial charge >= 0.3 is 0 Å². The number of hydrogen-bond donors (Lipinski definition) is 1. The number of nitrogens with one attached hydrogen (secondary N) is 1. The molecule has 2 saturated heterocycles. The Labute approximate surface area is 136 Å². The molecule has 6 nitrogen and oxygen atoms in total. The van der Waals surface area contributed by atoms with E-state index in [0.717, 1.165) is 26.1 Å². The summed E-state index contributed by atoms with van der Waals surface area (Å²) in [5.41, 5.74) is 0.946. The van der Waals surface area contributed by atoms with Gasteiger partial charge in [-0.1, -0.05) is 0 Å². The molecule has 1 amide bonds. The van der Waals surface area contributed by atoms with E-state index in [-0.39, 0.29) is 17.6 Å². The summed E-state index contributed by atoms with van der Waals surface area (Å²) >= 11 is 0. The van der Waals surface area contributed by atoms with Crippen molar-refractivity contribution in [3.05, 3.63) is 33.7 Å². The zero-order valence-corrected chi connectivity index (χ0v) is 13.7. The minimum Gasteiger partial charge on any atom is -0.375 e. The monoisotopic (exact) mass is 319 g/mol. The number of pyridine rings is 1. The molecular weight excluding hydrogens is 294 g/mol. The van der Waals surface area contributed by atoms with Gasteiger partial charge in [0.25, 0.3) is 5.91 Å². The maximum absolute atomic E-state index is 12.7. The fraction of sp³-hybridized carbons (Fsp3) is 0.647. The highest BCUT2D eigenvalue weighted by Crippen LogP contribution is 2.14. The molecule has 0 spiro atoms. The lowest BCUT2D eigenvalue weighted by Gasteiger charge is -2.27. The number of hydrogen-bond acceptors (Lipinski definition) is 4. The molecule has 2 aliphatic heterocycles. The summed E-state index contributed by atoms with van der Waals surface area (Å²) in [7, 11) is 0. The minimum atomic E-state index is -0.229. The second-order valence-electron chi connectivity index (χ2n) is 6.52. The van der Waals surface area contributed by atoms with Crippen LogP contribution >= 0.6 is 0 Å². The number of aromatic amines is 1. The minimum absolute atomic E-state index is 0.0580. The largest absolute Gasteiger partial charge is 0.375 e. The first-order valence-corrected chi connectivity index (χ1v) is 8.46. The standard InChI is InChI=1S/C17H25N3O3/c1-13-9-14(10-16(21)18-13)17(22)20-7-4-8-23-15(12-20)11-19-5-2-3-6-19/h9-10,15H,2-8,11-12H2,1H3,(H,18,21)/t15-/m0/s1. The number of nitrogens with zero attached hydrogens (tertiary/aromatic N) is 2. The Balaban J connectivity index is 1.69. The molecule has 1 atom stereocenters. The van der Waals surface area contributed by atoms with Gasteiger partial charge in [0.1, 0.15) is 0 Å². The predicted octanol–water partition coefficient (Wildman–Crippen LogP) is 1.01. The van der Waals surface area contributed by atoms with Crippen molar-refractivity contribution in [2.24, 2.45) is 0 Å². The van der Waals surface area contributed by atoms with E-state index < -0.39 is 0 Å². The van der Waals surface area contributed by atoms with Crippen molar-refractivity contribution < 1.29 is 9.53 Å². The lowest BCUT2D eigenvalue weighted by molar-refractivity contribution is 0.0297. The van der Waals surface area contributed by atoms with Crippen LogP contribution in [0.1, 0.15) is 35.3 Å². The number of aryl methyl sites for hydroxylation is 1. The number of aromatic nitrogens is 1. The van der Waals surface area contributed by atoms with E-state index in [2.05, 4.69) is 9.88 Å². The molecule has 126 valence electrons. The second kappa shape index (κ2) is 7.27. The van der Waals surface area contributed by atoms with Crippen LogP contribution in [0.4, 0.5) is 0 Å².